The van der Waals surface area contributed by atoms with E-state index in [4.69, 9.17) is 4.74 Å². The number of amides is 1. The summed E-state index contributed by atoms with van der Waals surface area (Å²) in [5.41, 5.74) is 0.644. The van der Waals surface area contributed by atoms with Crippen LogP contribution >= 0.6 is 15.9 Å². The van der Waals surface area contributed by atoms with Crippen LogP contribution < -0.4 is 5.32 Å². The Morgan fingerprint density at radius 3 is 2.50 bits per heavy atom. The summed E-state index contributed by atoms with van der Waals surface area (Å²) in [5.74, 6) is -1.76. The van der Waals surface area contributed by atoms with Gasteiger partial charge in [-0.25, -0.2) is 9.18 Å². The molecule has 1 N–H and O–H groups in total. The number of rotatable bonds is 4. The van der Waals surface area contributed by atoms with Crippen molar-refractivity contribution in [2.75, 3.05) is 5.32 Å². The van der Waals surface area contributed by atoms with Crippen molar-refractivity contribution in [3.05, 3.63) is 64.4 Å². The summed E-state index contributed by atoms with van der Waals surface area (Å²) in [7, 11) is 0. The van der Waals surface area contributed by atoms with Gasteiger partial charge in [0, 0.05) is 10.2 Å². The molecule has 0 bridgehead atoms. The number of hydrogen-bond donors (Lipinski definition) is 1. The molecule has 0 aliphatic rings. The van der Waals surface area contributed by atoms with Gasteiger partial charge in [-0.05, 0) is 49.4 Å². The minimum Gasteiger partial charge on any atom is -0.449 e. The second-order valence-electron chi connectivity index (χ2n) is 4.55. The SMILES string of the molecule is C[C@@H](OC(=O)c1cccc(F)c1)C(=O)Nc1ccc(Br)cc1. The molecule has 0 spiro atoms. The number of ether oxygens (including phenoxy) is 1. The quantitative estimate of drug-likeness (QED) is 0.839. The van der Waals surface area contributed by atoms with Crippen molar-refractivity contribution in [2.24, 2.45) is 0 Å². The molecule has 0 aliphatic carbocycles. The molecule has 0 aliphatic heterocycles. The molecule has 0 heterocycles. The van der Waals surface area contributed by atoms with Gasteiger partial charge in [-0.1, -0.05) is 22.0 Å². The van der Waals surface area contributed by atoms with Crippen molar-refractivity contribution < 1.29 is 18.7 Å². The second-order valence-corrected chi connectivity index (χ2v) is 5.47. The van der Waals surface area contributed by atoms with E-state index in [0.717, 1.165) is 10.5 Å². The van der Waals surface area contributed by atoms with Crippen LogP contribution in [0.2, 0.25) is 0 Å². The van der Waals surface area contributed by atoms with E-state index in [9.17, 15) is 14.0 Å². The van der Waals surface area contributed by atoms with Crippen molar-refractivity contribution in [3.8, 4) is 0 Å². The summed E-state index contributed by atoms with van der Waals surface area (Å²) in [5, 5.41) is 2.63. The molecule has 0 saturated heterocycles. The van der Waals surface area contributed by atoms with E-state index in [-0.39, 0.29) is 5.56 Å². The topological polar surface area (TPSA) is 55.4 Å². The maximum atomic E-state index is 13.1. The monoisotopic (exact) mass is 365 g/mol. The molecule has 1 atom stereocenters. The minimum atomic E-state index is -1.00. The molecule has 0 unspecified atom stereocenters. The maximum absolute atomic E-state index is 13.1. The number of hydrogen-bond acceptors (Lipinski definition) is 3. The molecule has 2 aromatic carbocycles. The lowest BCUT2D eigenvalue weighted by molar-refractivity contribution is -0.123. The Bertz CT molecular complexity index is 688. The average Bonchev–Trinajstić information content (AvgIpc) is 2.49. The first kappa shape index (κ1) is 16.2. The highest BCUT2D eigenvalue weighted by atomic mass is 79.9. The predicted octanol–water partition coefficient (Wildman–Crippen LogP) is 3.77. The van der Waals surface area contributed by atoms with E-state index in [1.807, 2.05) is 0 Å². The Labute approximate surface area is 135 Å². The number of benzene rings is 2. The number of anilines is 1. The third-order valence-corrected chi connectivity index (χ3v) is 3.35. The normalized spacial score (nSPS) is 11.6. The highest BCUT2D eigenvalue weighted by molar-refractivity contribution is 9.10. The highest BCUT2D eigenvalue weighted by Crippen LogP contribution is 2.15. The number of carbonyl (C=O) groups is 2. The Kier molecular flexibility index (Phi) is 5.27. The van der Waals surface area contributed by atoms with Crippen LogP contribution in [0.15, 0.2) is 53.0 Å². The van der Waals surface area contributed by atoms with Gasteiger partial charge >= 0.3 is 5.97 Å². The molecule has 2 aromatic rings. The summed E-state index contributed by atoms with van der Waals surface area (Å²) >= 11 is 3.29. The van der Waals surface area contributed by atoms with Gasteiger partial charge in [-0.2, -0.15) is 0 Å². The third kappa shape index (κ3) is 4.39. The van der Waals surface area contributed by atoms with Crippen molar-refractivity contribution in [1.82, 2.24) is 0 Å². The lowest BCUT2D eigenvalue weighted by Gasteiger charge is -2.13. The van der Waals surface area contributed by atoms with E-state index in [2.05, 4.69) is 21.2 Å². The van der Waals surface area contributed by atoms with Crippen LogP contribution in [0.1, 0.15) is 17.3 Å². The molecule has 2 rings (SSSR count). The standard InChI is InChI=1S/C16H13BrFNO3/c1-10(15(20)19-14-7-5-12(17)6-8-14)22-16(21)11-3-2-4-13(18)9-11/h2-10H,1H3,(H,19,20)/t10-/m1/s1. The second kappa shape index (κ2) is 7.17. The Morgan fingerprint density at radius 2 is 1.86 bits per heavy atom. The van der Waals surface area contributed by atoms with Crippen LogP contribution in [0.4, 0.5) is 10.1 Å². The third-order valence-electron chi connectivity index (χ3n) is 2.83. The first-order valence-corrected chi connectivity index (χ1v) is 7.28. The van der Waals surface area contributed by atoms with Gasteiger partial charge in [0.15, 0.2) is 6.10 Å². The van der Waals surface area contributed by atoms with Gasteiger partial charge in [-0.15, -0.1) is 0 Å². The zero-order valence-electron chi connectivity index (χ0n) is 11.7. The van der Waals surface area contributed by atoms with Crippen LogP contribution in [0.5, 0.6) is 0 Å². The number of nitrogens with one attached hydrogen (secondary N) is 1. The Balaban J connectivity index is 1.96. The highest BCUT2D eigenvalue weighted by Gasteiger charge is 2.19. The van der Waals surface area contributed by atoms with Gasteiger partial charge < -0.3 is 10.1 Å². The molecular formula is C16H13BrFNO3. The predicted molar refractivity (Wildman–Crippen MR) is 84.0 cm³/mol. The lowest BCUT2D eigenvalue weighted by atomic mass is 10.2. The van der Waals surface area contributed by atoms with Gasteiger partial charge in [0.1, 0.15) is 5.82 Å². The van der Waals surface area contributed by atoms with Crippen LogP contribution in [-0.4, -0.2) is 18.0 Å². The average molecular weight is 366 g/mol. The fraction of sp³-hybridized carbons (Fsp3) is 0.125. The minimum absolute atomic E-state index is 0.0586. The fourth-order valence-electron chi connectivity index (χ4n) is 1.67. The first-order valence-electron chi connectivity index (χ1n) is 6.48. The van der Waals surface area contributed by atoms with Crippen LogP contribution in [0.25, 0.3) is 0 Å². The largest absolute Gasteiger partial charge is 0.449 e. The molecular weight excluding hydrogens is 353 g/mol. The van der Waals surface area contributed by atoms with Crippen molar-refractivity contribution in [3.63, 3.8) is 0 Å². The summed E-state index contributed by atoms with van der Waals surface area (Å²) < 4.78 is 19.0. The van der Waals surface area contributed by atoms with Gasteiger partial charge in [0.05, 0.1) is 5.56 Å². The molecule has 0 saturated carbocycles. The summed E-state index contributed by atoms with van der Waals surface area (Å²) in [6, 6.07) is 12.1. The molecule has 22 heavy (non-hydrogen) atoms. The van der Waals surface area contributed by atoms with Crippen LogP contribution in [0, 0.1) is 5.82 Å². The Morgan fingerprint density at radius 1 is 1.18 bits per heavy atom. The Hall–Kier alpha value is -2.21. The fourth-order valence-corrected chi connectivity index (χ4v) is 1.94. The van der Waals surface area contributed by atoms with Crippen LogP contribution in [0.3, 0.4) is 0 Å². The number of halogens is 2. The smallest absolute Gasteiger partial charge is 0.339 e. The summed E-state index contributed by atoms with van der Waals surface area (Å²) in [6.07, 6.45) is -1.00. The number of esters is 1. The van der Waals surface area contributed by atoms with Gasteiger partial charge in [-0.3, -0.25) is 4.79 Å². The molecule has 0 aromatic heterocycles. The van der Waals surface area contributed by atoms with Crippen LogP contribution in [-0.2, 0) is 9.53 Å². The molecule has 4 nitrogen and oxygen atoms in total. The molecule has 6 heteroatoms. The molecule has 0 fully saturated rings. The van der Waals surface area contributed by atoms with Crippen molar-refractivity contribution >= 4 is 33.5 Å². The molecule has 1 amide bonds. The van der Waals surface area contributed by atoms with E-state index < -0.39 is 23.8 Å². The summed E-state index contributed by atoms with van der Waals surface area (Å²) in [4.78, 5) is 23.8. The molecule has 114 valence electrons. The maximum Gasteiger partial charge on any atom is 0.339 e. The summed E-state index contributed by atoms with van der Waals surface area (Å²) in [6.45, 7) is 1.45. The van der Waals surface area contributed by atoms with E-state index in [1.54, 1.807) is 24.3 Å². The molecule has 0 radical (unpaired) electrons. The zero-order valence-corrected chi connectivity index (χ0v) is 13.3. The van der Waals surface area contributed by atoms with E-state index in [1.165, 1.54) is 25.1 Å². The lowest BCUT2D eigenvalue weighted by Crippen LogP contribution is -2.30. The van der Waals surface area contributed by atoms with E-state index in [0.29, 0.717) is 5.69 Å². The van der Waals surface area contributed by atoms with E-state index >= 15 is 0 Å². The number of carbonyl (C=O) groups excluding carboxylic acids is 2. The first-order chi connectivity index (χ1) is 10.5. The van der Waals surface area contributed by atoms with Gasteiger partial charge in [0.25, 0.3) is 5.91 Å². The zero-order chi connectivity index (χ0) is 16.1. The van der Waals surface area contributed by atoms with Crippen molar-refractivity contribution in [2.45, 2.75) is 13.0 Å². The van der Waals surface area contributed by atoms with Crippen molar-refractivity contribution in [1.29, 1.82) is 0 Å². The van der Waals surface area contributed by atoms with Gasteiger partial charge in [0.2, 0.25) is 0 Å².